The van der Waals surface area contributed by atoms with Crippen LogP contribution in [0.3, 0.4) is 0 Å². The van der Waals surface area contributed by atoms with Crippen molar-refractivity contribution in [3.05, 3.63) is 30.6 Å². The highest BCUT2D eigenvalue weighted by Crippen LogP contribution is 2.43. The summed E-state index contributed by atoms with van der Waals surface area (Å²) in [6.07, 6.45) is -5.25. The molecule has 0 saturated heterocycles. The summed E-state index contributed by atoms with van der Waals surface area (Å²) < 4.78 is 89.6. The van der Waals surface area contributed by atoms with Crippen LogP contribution < -0.4 is 9.80 Å². The summed E-state index contributed by atoms with van der Waals surface area (Å²) in [4.78, 5) is 9.50. The summed E-state index contributed by atoms with van der Waals surface area (Å²) in [5.74, 6) is -5.27. The SMILES string of the molecule is CCS(=O)(=O)c1cccnc1-c1cc2c(cn1)N(CC(F)(F)C(F)(F)F)C(O)N2C. The van der Waals surface area contributed by atoms with Gasteiger partial charge in [0.25, 0.3) is 0 Å². The molecule has 7 nitrogen and oxygen atoms in total. The van der Waals surface area contributed by atoms with Crippen LogP contribution in [-0.2, 0) is 9.84 Å². The van der Waals surface area contributed by atoms with Crippen LogP contribution in [0.2, 0.25) is 0 Å². The minimum absolute atomic E-state index is 0.00381. The number of aromatic nitrogens is 2. The van der Waals surface area contributed by atoms with Gasteiger partial charge in [0.1, 0.15) is 5.69 Å². The van der Waals surface area contributed by atoms with Crippen LogP contribution in [0, 0.1) is 0 Å². The summed E-state index contributed by atoms with van der Waals surface area (Å²) in [6, 6.07) is 4.04. The Morgan fingerprint density at radius 2 is 1.83 bits per heavy atom. The average molecular weight is 452 g/mol. The molecule has 164 valence electrons. The van der Waals surface area contributed by atoms with Crippen LogP contribution >= 0.6 is 0 Å². The number of rotatable bonds is 5. The highest BCUT2D eigenvalue weighted by Gasteiger charge is 2.59. The van der Waals surface area contributed by atoms with Crippen LogP contribution in [0.4, 0.5) is 33.3 Å². The molecule has 1 aliphatic rings. The average Bonchev–Trinajstić information content (AvgIpc) is 2.91. The molecule has 0 radical (unpaired) electrons. The van der Waals surface area contributed by atoms with E-state index in [-0.39, 0.29) is 33.4 Å². The normalized spacial score (nSPS) is 17.4. The molecule has 1 unspecified atom stereocenters. The smallest absolute Gasteiger partial charge is 0.356 e. The lowest BCUT2D eigenvalue weighted by Gasteiger charge is -2.30. The van der Waals surface area contributed by atoms with Gasteiger partial charge in [-0.3, -0.25) is 9.97 Å². The summed E-state index contributed by atoms with van der Waals surface area (Å²) in [7, 11) is -2.37. The third-order valence-electron chi connectivity index (χ3n) is 4.69. The van der Waals surface area contributed by atoms with Crippen molar-refractivity contribution >= 4 is 21.2 Å². The van der Waals surface area contributed by atoms with Crippen LogP contribution in [0.15, 0.2) is 35.5 Å². The first-order valence-electron chi connectivity index (χ1n) is 8.60. The van der Waals surface area contributed by atoms with Crippen LogP contribution in [-0.4, -0.2) is 61.3 Å². The molecule has 0 fully saturated rings. The van der Waals surface area contributed by atoms with Gasteiger partial charge in [-0.05, 0) is 18.2 Å². The van der Waals surface area contributed by atoms with Crippen LogP contribution in [0.25, 0.3) is 11.4 Å². The number of sulfone groups is 1. The second kappa shape index (κ2) is 7.30. The van der Waals surface area contributed by atoms with E-state index < -0.39 is 34.8 Å². The minimum Gasteiger partial charge on any atom is -0.356 e. The van der Waals surface area contributed by atoms with E-state index >= 15 is 0 Å². The highest BCUT2D eigenvalue weighted by atomic mass is 32.2. The van der Waals surface area contributed by atoms with E-state index in [2.05, 4.69) is 9.97 Å². The van der Waals surface area contributed by atoms with Gasteiger partial charge < -0.3 is 14.9 Å². The number of nitrogens with zero attached hydrogens (tertiary/aromatic N) is 4. The molecule has 0 aliphatic carbocycles. The summed E-state index contributed by atoms with van der Waals surface area (Å²) in [5, 5.41) is 10.2. The van der Waals surface area contributed by atoms with Crippen molar-refractivity contribution < 1.29 is 35.5 Å². The van der Waals surface area contributed by atoms with Crippen molar-refractivity contribution in [3.8, 4) is 11.4 Å². The first-order valence-corrected chi connectivity index (χ1v) is 10.3. The first-order chi connectivity index (χ1) is 13.8. The van der Waals surface area contributed by atoms with Gasteiger partial charge in [-0.1, -0.05) is 6.92 Å². The molecule has 2 aromatic rings. The van der Waals surface area contributed by atoms with Gasteiger partial charge in [-0.2, -0.15) is 22.0 Å². The van der Waals surface area contributed by atoms with Gasteiger partial charge >= 0.3 is 12.1 Å². The molecule has 3 heterocycles. The third-order valence-corrected chi connectivity index (χ3v) is 6.45. The molecule has 1 aliphatic heterocycles. The minimum atomic E-state index is -5.79. The van der Waals surface area contributed by atoms with E-state index in [1.54, 1.807) is 0 Å². The van der Waals surface area contributed by atoms with Crippen molar-refractivity contribution in [2.45, 2.75) is 30.3 Å². The Balaban J connectivity index is 2.06. The number of halogens is 5. The Kier molecular flexibility index (Phi) is 5.39. The Bertz CT molecular complexity index is 1060. The molecule has 30 heavy (non-hydrogen) atoms. The maximum Gasteiger partial charge on any atom is 0.455 e. The topological polar surface area (TPSA) is 86.6 Å². The Morgan fingerprint density at radius 3 is 2.43 bits per heavy atom. The molecule has 0 saturated carbocycles. The molecular weight excluding hydrogens is 435 g/mol. The van der Waals surface area contributed by atoms with Gasteiger partial charge in [-0.15, -0.1) is 0 Å². The van der Waals surface area contributed by atoms with Crippen molar-refractivity contribution in [1.82, 2.24) is 9.97 Å². The van der Waals surface area contributed by atoms with E-state index in [1.165, 1.54) is 38.4 Å². The van der Waals surface area contributed by atoms with Gasteiger partial charge in [0.15, 0.2) is 9.84 Å². The maximum absolute atomic E-state index is 13.6. The molecule has 0 spiro atoms. The number of aliphatic hydroxyl groups is 1. The van der Waals surface area contributed by atoms with E-state index in [0.29, 0.717) is 4.90 Å². The number of pyridine rings is 2. The molecule has 3 rings (SSSR count). The summed E-state index contributed by atoms with van der Waals surface area (Å²) >= 11 is 0. The molecule has 2 aromatic heterocycles. The lowest BCUT2D eigenvalue weighted by molar-refractivity contribution is -0.277. The molecule has 13 heteroatoms. The fourth-order valence-electron chi connectivity index (χ4n) is 2.99. The number of hydrogen-bond acceptors (Lipinski definition) is 7. The lowest BCUT2D eigenvalue weighted by Crippen LogP contribution is -2.51. The molecular formula is C17H17F5N4O3S. The molecule has 0 aromatic carbocycles. The predicted octanol–water partition coefficient (Wildman–Crippen LogP) is 2.67. The van der Waals surface area contributed by atoms with Gasteiger partial charge in [0.05, 0.1) is 40.5 Å². The summed E-state index contributed by atoms with van der Waals surface area (Å²) in [6.45, 7) is -0.361. The third kappa shape index (κ3) is 3.67. The molecule has 0 amide bonds. The quantitative estimate of drug-likeness (QED) is 0.698. The largest absolute Gasteiger partial charge is 0.455 e. The Morgan fingerprint density at radius 1 is 1.17 bits per heavy atom. The second-order valence-electron chi connectivity index (χ2n) is 6.60. The van der Waals surface area contributed by atoms with Gasteiger partial charge in [-0.25, -0.2) is 8.42 Å². The van der Waals surface area contributed by atoms with Crippen molar-refractivity contribution in [2.75, 3.05) is 29.1 Å². The number of anilines is 2. The zero-order valence-electron chi connectivity index (χ0n) is 15.7. The zero-order valence-corrected chi connectivity index (χ0v) is 16.5. The Hall–Kier alpha value is -2.54. The fourth-order valence-corrected chi connectivity index (χ4v) is 4.04. The van der Waals surface area contributed by atoms with E-state index in [9.17, 15) is 35.5 Å². The van der Waals surface area contributed by atoms with Crippen molar-refractivity contribution in [2.24, 2.45) is 0 Å². The van der Waals surface area contributed by atoms with Gasteiger partial charge in [0.2, 0.25) is 6.35 Å². The van der Waals surface area contributed by atoms with E-state index in [1.807, 2.05) is 0 Å². The standard InChI is InChI=1S/C17H17F5N4O3S/c1-3-30(28,29)13-5-4-6-23-14(13)10-7-11-12(8-24-10)26(15(27)25(11)2)9-16(18,19)17(20,21)22/h4-8,15,27H,3,9H2,1-2H3. The first kappa shape index (κ1) is 22.2. The Labute approximate surface area is 168 Å². The maximum atomic E-state index is 13.6. The molecule has 1 atom stereocenters. The fraction of sp³-hybridized carbons (Fsp3) is 0.412. The van der Waals surface area contributed by atoms with Crippen molar-refractivity contribution in [1.29, 1.82) is 0 Å². The highest BCUT2D eigenvalue weighted by molar-refractivity contribution is 7.91. The monoisotopic (exact) mass is 452 g/mol. The zero-order chi connectivity index (χ0) is 22.5. The second-order valence-corrected chi connectivity index (χ2v) is 8.85. The lowest BCUT2D eigenvalue weighted by atomic mass is 10.2. The number of alkyl halides is 5. The summed E-state index contributed by atoms with van der Waals surface area (Å²) in [5.41, 5.74) is -0.00144. The number of aliphatic hydroxyl groups excluding tert-OH is 1. The van der Waals surface area contributed by atoms with E-state index in [0.717, 1.165) is 11.1 Å². The molecule has 1 N–H and O–H groups in total. The van der Waals surface area contributed by atoms with Crippen LogP contribution in [0.1, 0.15) is 6.92 Å². The number of hydrogen-bond donors (Lipinski definition) is 1. The van der Waals surface area contributed by atoms with Gasteiger partial charge in [0, 0.05) is 13.2 Å². The van der Waals surface area contributed by atoms with Crippen molar-refractivity contribution in [3.63, 3.8) is 0 Å². The predicted molar refractivity (Wildman–Crippen MR) is 98.0 cm³/mol. The molecule has 0 bridgehead atoms. The van der Waals surface area contributed by atoms with Crippen LogP contribution in [0.5, 0.6) is 0 Å². The number of fused-ring (bicyclic) bond motifs is 1. The van der Waals surface area contributed by atoms with E-state index in [4.69, 9.17) is 0 Å².